The van der Waals surface area contributed by atoms with E-state index in [1.165, 1.54) is 12.1 Å². The summed E-state index contributed by atoms with van der Waals surface area (Å²) < 4.78 is 0. The average molecular weight is 560 g/mol. The summed E-state index contributed by atoms with van der Waals surface area (Å²) in [5.41, 5.74) is 6.05. The quantitative estimate of drug-likeness (QED) is 0.158. The molecule has 0 radical (unpaired) electrons. The Hall–Kier alpha value is -4.48. The number of aliphatic hydroxyl groups is 1. The first-order chi connectivity index (χ1) is 20.2. The first-order valence-corrected chi connectivity index (χ1v) is 14.4. The minimum atomic E-state index is -0.735. The molecule has 0 aliphatic rings. The zero-order chi connectivity index (χ0) is 29.7. The average Bonchev–Trinajstić information content (AvgIpc) is 2.97. The Morgan fingerprint density at radius 2 is 1.57 bits per heavy atom. The van der Waals surface area contributed by atoms with Crippen LogP contribution in [0.1, 0.15) is 55.0 Å². The highest BCUT2D eigenvalue weighted by Crippen LogP contribution is 2.35. The molecule has 0 aliphatic carbocycles. The SMILES string of the molecule is CC(C)(CCC(O)c1ccc(O)c2[nH]c(=O)ccc12)Cc1cccc(CC(=O)Cc2ccccc2-c2ccccc2)c1. The number of phenols is 1. The molecule has 0 fully saturated rings. The van der Waals surface area contributed by atoms with Crippen molar-refractivity contribution in [1.29, 1.82) is 0 Å². The van der Waals surface area contributed by atoms with Gasteiger partial charge in [-0.1, -0.05) is 98.8 Å². The van der Waals surface area contributed by atoms with Crippen LogP contribution in [0.15, 0.2) is 108 Å². The van der Waals surface area contributed by atoms with E-state index >= 15 is 0 Å². The highest BCUT2D eigenvalue weighted by Gasteiger charge is 2.22. The Labute approximate surface area is 246 Å². The number of nitrogens with one attached hydrogen (secondary N) is 1. The summed E-state index contributed by atoms with van der Waals surface area (Å²) in [7, 11) is 0. The lowest BCUT2D eigenvalue weighted by molar-refractivity contribution is -0.117. The van der Waals surface area contributed by atoms with Gasteiger partial charge in [0.1, 0.15) is 11.5 Å². The lowest BCUT2D eigenvalue weighted by atomic mass is 9.80. The number of H-pyrrole nitrogens is 1. The number of aromatic hydroxyl groups is 1. The Balaban J connectivity index is 1.22. The molecule has 1 unspecified atom stereocenters. The van der Waals surface area contributed by atoms with Crippen molar-refractivity contribution < 1.29 is 15.0 Å². The summed E-state index contributed by atoms with van der Waals surface area (Å²) >= 11 is 0. The van der Waals surface area contributed by atoms with Gasteiger partial charge in [-0.2, -0.15) is 0 Å². The Bertz CT molecular complexity index is 1750. The summed E-state index contributed by atoms with van der Waals surface area (Å²) in [6.45, 7) is 4.37. The summed E-state index contributed by atoms with van der Waals surface area (Å²) in [5.74, 6) is 0.165. The van der Waals surface area contributed by atoms with E-state index in [2.05, 4.69) is 49.2 Å². The van der Waals surface area contributed by atoms with Crippen LogP contribution in [0.3, 0.4) is 0 Å². The lowest BCUT2D eigenvalue weighted by Gasteiger charge is -2.27. The largest absolute Gasteiger partial charge is 0.506 e. The van der Waals surface area contributed by atoms with Gasteiger partial charge < -0.3 is 15.2 Å². The van der Waals surface area contributed by atoms with Gasteiger partial charge in [0.25, 0.3) is 0 Å². The third-order valence-electron chi connectivity index (χ3n) is 7.93. The third kappa shape index (κ3) is 7.04. The molecule has 0 amide bonds. The number of benzene rings is 4. The molecule has 5 heteroatoms. The molecule has 0 aliphatic heterocycles. The maximum atomic E-state index is 13.1. The first-order valence-electron chi connectivity index (χ1n) is 14.4. The molecule has 5 rings (SSSR count). The zero-order valence-corrected chi connectivity index (χ0v) is 24.1. The fraction of sp³-hybridized carbons (Fsp3) is 0.243. The number of Topliss-reactive ketones (excluding diaryl/α,β-unsaturated/α-hetero) is 1. The van der Waals surface area contributed by atoms with Crippen molar-refractivity contribution in [3.8, 4) is 16.9 Å². The van der Waals surface area contributed by atoms with Crippen LogP contribution in [0, 0.1) is 5.41 Å². The topological polar surface area (TPSA) is 90.4 Å². The van der Waals surface area contributed by atoms with Crippen molar-refractivity contribution in [3.63, 3.8) is 0 Å². The van der Waals surface area contributed by atoms with Gasteiger partial charge in [-0.25, -0.2) is 0 Å². The van der Waals surface area contributed by atoms with E-state index < -0.39 is 6.10 Å². The number of hydrogen-bond acceptors (Lipinski definition) is 4. The molecule has 5 nitrogen and oxygen atoms in total. The fourth-order valence-corrected chi connectivity index (χ4v) is 5.80. The van der Waals surface area contributed by atoms with Crippen molar-refractivity contribution in [2.75, 3.05) is 0 Å². The molecule has 0 spiro atoms. The van der Waals surface area contributed by atoms with E-state index in [0.29, 0.717) is 35.7 Å². The van der Waals surface area contributed by atoms with E-state index in [1.54, 1.807) is 12.1 Å². The van der Waals surface area contributed by atoms with E-state index in [9.17, 15) is 19.8 Å². The molecule has 1 aromatic heterocycles. The van der Waals surface area contributed by atoms with Crippen LogP contribution in [0.25, 0.3) is 22.0 Å². The number of carbonyl (C=O) groups is 1. The van der Waals surface area contributed by atoms with Gasteiger partial charge in [-0.15, -0.1) is 0 Å². The summed E-state index contributed by atoms with van der Waals surface area (Å²) in [6.07, 6.45) is 2.14. The van der Waals surface area contributed by atoms with Crippen LogP contribution in [0.4, 0.5) is 0 Å². The number of ketones is 1. The Morgan fingerprint density at radius 1 is 0.833 bits per heavy atom. The number of phenolic OH excluding ortho intramolecular Hbond substituents is 1. The van der Waals surface area contributed by atoms with Gasteiger partial charge in [-0.3, -0.25) is 9.59 Å². The molecular weight excluding hydrogens is 522 g/mol. The fourth-order valence-electron chi connectivity index (χ4n) is 5.80. The number of aromatic nitrogens is 1. The smallest absolute Gasteiger partial charge is 0.248 e. The second-order valence-electron chi connectivity index (χ2n) is 11.9. The molecule has 5 aromatic rings. The molecular formula is C37H37NO4. The van der Waals surface area contributed by atoms with Gasteiger partial charge >= 0.3 is 0 Å². The molecule has 4 aromatic carbocycles. The second-order valence-corrected chi connectivity index (χ2v) is 11.9. The van der Waals surface area contributed by atoms with Crippen LogP contribution in [0.2, 0.25) is 0 Å². The summed E-state index contributed by atoms with van der Waals surface area (Å²) in [6, 6.07) is 32.8. The van der Waals surface area contributed by atoms with Crippen molar-refractivity contribution in [2.45, 2.75) is 52.1 Å². The van der Waals surface area contributed by atoms with Crippen LogP contribution >= 0.6 is 0 Å². The van der Waals surface area contributed by atoms with Gasteiger partial charge in [0.2, 0.25) is 5.56 Å². The maximum Gasteiger partial charge on any atom is 0.248 e. The van der Waals surface area contributed by atoms with E-state index in [4.69, 9.17) is 0 Å². The highest BCUT2D eigenvalue weighted by atomic mass is 16.3. The number of fused-ring (bicyclic) bond motifs is 1. The molecule has 42 heavy (non-hydrogen) atoms. The van der Waals surface area contributed by atoms with Crippen LogP contribution in [0.5, 0.6) is 5.75 Å². The molecule has 0 bridgehead atoms. The number of rotatable bonds is 11. The number of aromatic amines is 1. The molecule has 1 heterocycles. The molecule has 0 saturated carbocycles. The third-order valence-corrected chi connectivity index (χ3v) is 7.93. The number of hydrogen-bond donors (Lipinski definition) is 3. The zero-order valence-electron chi connectivity index (χ0n) is 24.1. The lowest BCUT2D eigenvalue weighted by Crippen LogP contribution is -2.17. The Morgan fingerprint density at radius 3 is 2.38 bits per heavy atom. The molecule has 214 valence electrons. The monoisotopic (exact) mass is 559 g/mol. The van der Waals surface area contributed by atoms with Crippen molar-refractivity contribution in [2.24, 2.45) is 5.41 Å². The predicted octanol–water partition coefficient (Wildman–Crippen LogP) is 7.34. The summed E-state index contributed by atoms with van der Waals surface area (Å²) in [4.78, 5) is 27.5. The predicted molar refractivity (Wildman–Crippen MR) is 169 cm³/mol. The van der Waals surface area contributed by atoms with E-state index in [1.807, 2.05) is 48.5 Å². The minimum absolute atomic E-state index is 0.0160. The molecule has 3 N–H and O–H groups in total. The maximum absolute atomic E-state index is 13.1. The van der Waals surface area contributed by atoms with Crippen LogP contribution < -0.4 is 5.56 Å². The van der Waals surface area contributed by atoms with E-state index in [-0.39, 0.29) is 22.5 Å². The van der Waals surface area contributed by atoms with Crippen molar-refractivity contribution in [3.05, 3.63) is 136 Å². The first kappa shape index (κ1) is 29.0. The van der Waals surface area contributed by atoms with Gasteiger partial charge in [0.05, 0.1) is 11.6 Å². The molecule has 1 atom stereocenters. The summed E-state index contributed by atoms with van der Waals surface area (Å²) in [5, 5.41) is 21.9. The van der Waals surface area contributed by atoms with Gasteiger partial charge in [0, 0.05) is 24.3 Å². The Kier molecular flexibility index (Phi) is 8.69. The normalized spacial score (nSPS) is 12.4. The highest BCUT2D eigenvalue weighted by molar-refractivity contribution is 5.87. The van der Waals surface area contributed by atoms with Crippen LogP contribution in [-0.4, -0.2) is 21.0 Å². The second kappa shape index (κ2) is 12.6. The van der Waals surface area contributed by atoms with Crippen LogP contribution in [-0.2, 0) is 24.1 Å². The van der Waals surface area contributed by atoms with Gasteiger partial charge in [-0.05, 0) is 70.2 Å². The standard InChI is InChI=1S/C37H37NO4/c1-37(2,20-19-33(40)31-15-17-34(41)36-32(31)16-18-35(42)38-36)24-26-10-8-9-25(21-26)22-29(39)23-28-13-6-7-14-30(28)27-11-4-3-5-12-27/h3-18,21,33,40-41H,19-20,22-24H2,1-2H3,(H,38,42). The number of pyridine rings is 1. The van der Waals surface area contributed by atoms with E-state index in [0.717, 1.165) is 40.7 Å². The van der Waals surface area contributed by atoms with Gasteiger partial charge in [0.15, 0.2) is 0 Å². The molecule has 0 saturated heterocycles. The number of aliphatic hydroxyl groups excluding tert-OH is 1. The van der Waals surface area contributed by atoms with Crippen molar-refractivity contribution in [1.82, 2.24) is 4.98 Å². The minimum Gasteiger partial charge on any atom is -0.506 e. The van der Waals surface area contributed by atoms with Crippen molar-refractivity contribution >= 4 is 16.7 Å². The number of carbonyl (C=O) groups excluding carboxylic acids is 1.